The summed E-state index contributed by atoms with van der Waals surface area (Å²) < 4.78 is 31.5. The first-order valence-corrected chi connectivity index (χ1v) is 9.72. The molecule has 6 nitrogen and oxygen atoms in total. The van der Waals surface area contributed by atoms with Gasteiger partial charge in [0.25, 0.3) is 0 Å². The molecule has 2 unspecified atom stereocenters. The van der Waals surface area contributed by atoms with Crippen LogP contribution in [0.4, 0.5) is 0 Å². The van der Waals surface area contributed by atoms with E-state index in [4.69, 9.17) is 4.74 Å². The van der Waals surface area contributed by atoms with Crippen molar-refractivity contribution in [2.75, 3.05) is 13.2 Å². The minimum Gasteiger partial charge on any atom is -0.368 e. The average Bonchev–Trinajstić information content (AvgIpc) is 3.18. The molecular weight excluding hydrogens is 340 g/mol. The standard InChI is InChI=1S/C18H20N2O4S/c21-18(16-9-5-11-24-16)20-13-17(14-6-4-10-19-12-14)25(22,23)15-7-2-1-3-8-15/h1-4,6-8,10,12,16-17H,5,9,11,13H2,(H,20,21). The Hall–Kier alpha value is -2.25. The monoisotopic (exact) mass is 360 g/mol. The van der Waals surface area contributed by atoms with Gasteiger partial charge in [0.2, 0.25) is 5.91 Å². The summed E-state index contributed by atoms with van der Waals surface area (Å²) in [5, 5.41) is 1.82. The minimum atomic E-state index is -3.67. The molecule has 1 N–H and O–H groups in total. The maximum atomic E-state index is 13.1. The molecule has 1 fully saturated rings. The first kappa shape index (κ1) is 17.6. The number of pyridine rings is 1. The second kappa shape index (κ2) is 7.76. The first-order chi connectivity index (χ1) is 12.1. The van der Waals surface area contributed by atoms with Gasteiger partial charge >= 0.3 is 0 Å². The van der Waals surface area contributed by atoms with Gasteiger partial charge in [-0.15, -0.1) is 0 Å². The third kappa shape index (κ3) is 4.05. The summed E-state index contributed by atoms with van der Waals surface area (Å²) in [4.78, 5) is 16.4. The molecule has 1 aromatic carbocycles. The Bertz CT molecular complexity index is 803. The Morgan fingerprint density at radius 1 is 1.24 bits per heavy atom. The fourth-order valence-corrected chi connectivity index (χ4v) is 4.50. The van der Waals surface area contributed by atoms with Crippen molar-refractivity contribution >= 4 is 15.7 Å². The van der Waals surface area contributed by atoms with E-state index in [1.165, 1.54) is 6.20 Å². The van der Waals surface area contributed by atoms with Gasteiger partial charge in [0, 0.05) is 25.5 Å². The van der Waals surface area contributed by atoms with E-state index in [0.29, 0.717) is 18.6 Å². The Labute approximate surface area is 147 Å². The lowest BCUT2D eigenvalue weighted by molar-refractivity contribution is -0.130. The van der Waals surface area contributed by atoms with E-state index in [9.17, 15) is 13.2 Å². The Balaban J connectivity index is 1.84. The fourth-order valence-electron chi connectivity index (χ4n) is 2.84. The molecule has 2 aromatic rings. The summed E-state index contributed by atoms with van der Waals surface area (Å²) in [7, 11) is -3.67. The largest absolute Gasteiger partial charge is 0.368 e. The van der Waals surface area contributed by atoms with Crippen LogP contribution in [0.25, 0.3) is 0 Å². The molecule has 1 amide bonds. The van der Waals surface area contributed by atoms with Gasteiger partial charge in [-0.3, -0.25) is 9.78 Å². The smallest absolute Gasteiger partial charge is 0.249 e. The molecule has 0 saturated carbocycles. The van der Waals surface area contributed by atoms with E-state index >= 15 is 0 Å². The summed E-state index contributed by atoms with van der Waals surface area (Å²) in [6.07, 6.45) is 4.11. The van der Waals surface area contributed by atoms with E-state index in [2.05, 4.69) is 10.3 Å². The lowest BCUT2D eigenvalue weighted by Gasteiger charge is -2.19. The molecule has 2 heterocycles. The maximum Gasteiger partial charge on any atom is 0.249 e. The summed E-state index contributed by atoms with van der Waals surface area (Å²) in [5.41, 5.74) is 0.541. The van der Waals surface area contributed by atoms with Crippen LogP contribution in [0.5, 0.6) is 0 Å². The van der Waals surface area contributed by atoms with Crippen molar-refractivity contribution in [3.05, 3.63) is 60.4 Å². The van der Waals surface area contributed by atoms with Crippen molar-refractivity contribution < 1.29 is 17.9 Å². The number of carbonyl (C=O) groups excluding carboxylic acids is 1. The van der Waals surface area contributed by atoms with Crippen LogP contribution in [0.3, 0.4) is 0 Å². The number of aromatic nitrogens is 1. The van der Waals surface area contributed by atoms with Gasteiger partial charge in [-0.1, -0.05) is 24.3 Å². The van der Waals surface area contributed by atoms with Crippen molar-refractivity contribution in [1.29, 1.82) is 0 Å². The van der Waals surface area contributed by atoms with Gasteiger partial charge in [0.15, 0.2) is 9.84 Å². The highest BCUT2D eigenvalue weighted by molar-refractivity contribution is 7.91. The van der Waals surface area contributed by atoms with E-state index in [1.807, 2.05) is 0 Å². The normalized spacial score (nSPS) is 18.6. The van der Waals surface area contributed by atoms with Crippen LogP contribution in [-0.2, 0) is 19.4 Å². The van der Waals surface area contributed by atoms with Crippen LogP contribution in [0.1, 0.15) is 23.7 Å². The van der Waals surface area contributed by atoms with Crippen molar-refractivity contribution in [2.24, 2.45) is 0 Å². The molecule has 1 saturated heterocycles. The third-order valence-corrected chi connectivity index (χ3v) is 6.30. The minimum absolute atomic E-state index is 0.0262. The highest BCUT2D eigenvalue weighted by Crippen LogP contribution is 2.28. The Morgan fingerprint density at radius 2 is 2.04 bits per heavy atom. The van der Waals surface area contributed by atoms with Gasteiger partial charge in [0.05, 0.1) is 4.90 Å². The number of nitrogens with zero attached hydrogens (tertiary/aromatic N) is 1. The second-order valence-corrected chi connectivity index (χ2v) is 8.01. The van der Waals surface area contributed by atoms with Gasteiger partial charge in [0.1, 0.15) is 11.4 Å². The van der Waals surface area contributed by atoms with Gasteiger partial charge in [-0.2, -0.15) is 0 Å². The van der Waals surface area contributed by atoms with Gasteiger partial charge in [-0.05, 0) is 36.6 Å². The fraction of sp³-hybridized carbons (Fsp3) is 0.333. The van der Waals surface area contributed by atoms with Crippen molar-refractivity contribution in [2.45, 2.75) is 29.1 Å². The van der Waals surface area contributed by atoms with Gasteiger partial charge in [-0.25, -0.2) is 8.42 Å². The number of carbonyl (C=O) groups is 1. The third-order valence-electron chi connectivity index (χ3n) is 4.19. The molecule has 1 aliphatic rings. The first-order valence-electron chi connectivity index (χ1n) is 8.17. The molecule has 0 bridgehead atoms. The van der Waals surface area contributed by atoms with Crippen molar-refractivity contribution in [3.8, 4) is 0 Å². The molecule has 7 heteroatoms. The number of amides is 1. The zero-order chi connectivity index (χ0) is 17.7. The molecule has 1 aliphatic heterocycles. The Morgan fingerprint density at radius 3 is 2.68 bits per heavy atom. The van der Waals surface area contributed by atoms with Crippen LogP contribution in [0, 0.1) is 0 Å². The molecule has 132 valence electrons. The van der Waals surface area contributed by atoms with Crippen molar-refractivity contribution in [3.63, 3.8) is 0 Å². The van der Waals surface area contributed by atoms with Crippen LogP contribution < -0.4 is 5.32 Å². The molecular formula is C18H20N2O4S. The van der Waals surface area contributed by atoms with Crippen molar-refractivity contribution in [1.82, 2.24) is 10.3 Å². The van der Waals surface area contributed by atoms with E-state index < -0.39 is 21.2 Å². The number of rotatable bonds is 6. The maximum absolute atomic E-state index is 13.1. The summed E-state index contributed by atoms with van der Waals surface area (Å²) in [6, 6.07) is 11.6. The van der Waals surface area contributed by atoms with Crippen LogP contribution in [-0.4, -0.2) is 38.6 Å². The highest BCUT2D eigenvalue weighted by atomic mass is 32.2. The lowest BCUT2D eigenvalue weighted by atomic mass is 10.2. The highest BCUT2D eigenvalue weighted by Gasteiger charge is 2.31. The molecule has 0 aliphatic carbocycles. The summed E-state index contributed by atoms with van der Waals surface area (Å²) >= 11 is 0. The molecule has 2 atom stereocenters. The zero-order valence-corrected chi connectivity index (χ0v) is 14.5. The SMILES string of the molecule is O=C(NCC(c1cccnc1)S(=O)(=O)c1ccccc1)C1CCCO1. The second-order valence-electron chi connectivity index (χ2n) is 5.88. The van der Waals surface area contributed by atoms with E-state index in [1.54, 1.807) is 48.7 Å². The summed E-state index contributed by atoms with van der Waals surface area (Å²) in [5.74, 6) is -0.269. The van der Waals surface area contributed by atoms with Crippen LogP contribution in [0.2, 0.25) is 0 Å². The predicted octanol–water partition coefficient (Wildman–Crippen LogP) is 1.89. The molecule has 3 rings (SSSR count). The molecule has 0 radical (unpaired) electrons. The van der Waals surface area contributed by atoms with Crippen LogP contribution in [0.15, 0.2) is 59.8 Å². The number of hydrogen-bond acceptors (Lipinski definition) is 5. The van der Waals surface area contributed by atoms with Crippen LogP contribution >= 0.6 is 0 Å². The topological polar surface area (TPSA) is 85.4 Å². The number of hydrogen-bond donors (Lipinski definition) is 1. The average molecular weight is 360 g/mol. The lowest BCUT2D eigenvalue weighted by Crippen LogP contribution is -2.38. The van der Waals surface area contributed by atoms with Gasteiger partial charge < -0.3 is 10.1 Å². The molecule has 0 spiro atoms. The molecule has 1 aromatic heterocycles. The van der Waals surface area contributed by atoms with E-state index in [-0.39, 0.29) is 17.3 Å². The Kier molecular flexibility index (Phi) is 5.45. The number of benzene rings is 1. The number of nitrogens with one attached hydrogen (secondary N) is 1. The number of sulfone groups is 1. The summed E-state index contributed by atoms with van der Waals surface area (Å²) in [6.45, 7) is 0.536. The molecule has 25 heavy (non-hydrogen) atoms. The number of ether oxygens (including phenoxy) is 1. The predicted molar refractivity (Wildman–Crippen MR) is 92.6 cm³/mol. The quantitative estimate of drug-likeness (QED) is 0.850. The zero-order valence-electron chi connectivity index (χ0n) is 13.7. The van der Waals surface area contributed by atoms with E-state index in [0.717, 1.165) is 6.42 Å².